The average molecular weight is 296 g/mol. The molecule has 1 aliphatic heterocycles. The number of nitrogens with zero attached hydrogens (tertiary/aromatic N) is 1. The van der Waals surface area contributed by atoms with Gasteiger partial charge in [0, 0.05) is 13.1 Å². The minimum atomic E-state index is 0.522. The minimum absolute atomic E-state index is 0.522. The summed E-state index contributed by atoms with van der Waals surface area (Å²) >= 11 is 0. The Morgan fingerprint density at radius 2 is 1.91 bits per heavy atom. The summed E-state index contributed by atoms with van der Waals surface area (Å²) in [7, 11) is 1.67. The van der Waals surface area contributed by atoms with Crippen LogP contribution in [0.15, 0.2) is 53.5 Å². The van der Waals surface area contributed by atoms with E-state index in [1.54, 1.807) is 7.11 Å². The zero-order valence-corrected chi connectivity index (χ0v) is 12.7. The molecule has 1 aliphatic rings. The van der Waals surface area contributed by atoms with E-state index >= 15 is 0 Å². The van der Waals surface area contributed by atoms with Crippen molar-refractivity contribution in [2.45, 2.75) is 13.0 Å². The summed E-state index contributed by atoms with van der Waals surface area (Å²) < 4.78 is 11.2. The summed E-state index contributed by atoms with van der Waals surface area (Å²) in [6.45, 7) is 2.36. The molecule has 0 radical (unpaired) electrons. The lowest BCUT2D eigenvalue weighted by Crippen LogP contribution is -2.30. The number of rotatable bonds is 5. The number of ether oxygens (including phenoxy) is 2. The first-order valence-corrected chi connectivity index (χ1v) is 7.50. The minimum Gasteiger partial charge on any atom is -0.497 e. The van der Waals surface area contributed by atoms with Crippen LogP contribution in [0.3, 0.4) is 0 Å². The van der Waals surface area contributed by atoms with Gasteiger partial charge in [0.1, 0.15) is 23.9 Å². The van der Waals surface area contributed by atoms with Crippen LogP contribution in [0, 0.1) is 0 Å². The highest BCUT2D eigenvalue weighted by atomic mass is 16.5. The Labute approximate surface area is 130 Å². The summed E-state index contributed by atoms with van der Waals surface area (Å²) in [6, 6.07) is 15.9. The number of nitrogens with one attached hydrogen (secondary N) is 1. The van der Waals surface area contributed by atoms with Crippen molar-refractivity contribution in [3.8, 4) is 11.5 Å². The molecule has 0 spiro atoms. The van der Waals surface area contributed by atoms with Gasteiger partial charge in [-0.2, -0.15) is 0 Å². The highest BCUT2D eigenvalue weighted by Crippen LogP contribution is 2.21. The van der Waals surface area contributed by atoms with E-state index in [1.807, 2.05) is 48.5 Å². The predicted octanol–water partition coefficient (Wildman–Crippen LogP) is 3.01. The van der Waals surface area contributed by atoms with E-state index in [0.717, 1.165) is 48.0 Å². The Morgan fingerprint density at radius 1 is 1.09 bits per heavy atom. The fourth-order valence-corrected chi connectivity index (χ4v) is 2.38. The van der Waals surface area contributed by atoms with Gasteiger partial charge in [0.15, 0.2) is 0 Å². The Hall–Kier alpha value is -2.49. The van der Waals surface area contributed by atoms with Gasteiger partial charge in [-0.25, -0.2) is 0 Å². The lowest BCUT2D eigenvalue weighted by Gasteiger charge is -2.17. The molecule has 0 unspecified atom stereocenters. The molecule has 2 aromatic carbocycles. The van der Waals surface area contributed by atoms with Gasteiger partial charge in [-0.15, -0.1) is 0 Å². The molecule has 2 aromatic rings. The molecule has 0 aromatic heterocycles. The number of benzene rings is 2. The molecule has 0 aliphatic carbocycles. The van der Waals surface area contributed by atoms with E-state index in [0.29, 0.717) is 6.61 Å². The number of methoxy groups -OCH3 is 1. The summed E-state index contributed by atoms with van der Waals surface area (Å²) in [5, 5.41) is 3.34. The third kappa shape index (κ3) is 3.39. The SMILES string of the molecule is COc1ccc(COc2ccccc2C2=NCCCN2)cc1. The summed E-state index contributed by atoms with van der Waals surface area (Å²) in [5.41, 5.74) is 2.13. The van der Waals surface area contributed by atoms with Gasteiger partial charge in [0.25, 0.3) is 0 Å². The quantitative estimate of drug-likeness (QED) is 0.922. The molecule has 1 heterocycles. The van der Waals surface area contributed by atoms with Crippen LogP contribution in [0.4, 0.5) is 0 Å². The molecule has 4 heteroatoms. The Kier molecular flexibility index (Phi) is 4.59. The fourth-order valence-electron chi connectivity index (χ4n) is 2.38. The van der Waals surface area contributed by atoms with Crippen LogP contribution in [-0.2, 0) is 6.61 Å². The van der Waals surface area contributed by atoms with Gasteiger partial charge in [-0.05, 0) is 36.2 Å². The zero-order valence-electron chi connectivity index (χ0n) is 12.7. The zero-order chi connectivity index (χ0) is 15.2. The molecule has 4 nitrogen and oxygen atoms in total. The Bertz CT molecular complexity index is 650. The Balaban J connectivity index is 1.73. The monoisotopic (exact) mass is 296 g/mol. The third-order valence-corrected chi connectivity index (χ3v) is 3.59. The standard InChI is InChI=1S/C18H20N2O2/c1-21-15-9-7-14(8-10-15)13-22-17-6-3-2-5-16(17)18-19-11-4-12-20-18/h2-3,5-10H,4,11-13H2,1H3,(H,19,20). The maximum absolute atomic E-state index is 5.99. The maximum atomic E-state index is 5.99. The van der Waals surface area contributed by atoms with E-state index < -0.39 is 0 Å². The van der Waals surface area contributed by atoms with Crippen LogP contribution in [0.25, 0.3) is 0 Å². The molecule has 114 valence electrons. The van der Waals surface area contributed by atoms with Gasteiger partial charge >= 0.3 is 0 Å². The molecule has 22 heavy (non-hydrogen) atoms. The summed E-state index contributed by atoms with van der Waals surface area (Å²) in [6.07, 6.45) is 1.08. The summed E-state index contributed by atoms with van der Waals surface area (Å²) in [5.74, 6) is 2.63. The second kappa shape index (κ2) is 6.98. The molecule has 3 rings (SSSR count). The van der Waals surface area contributed by atoms with Gasteiger partial charge in [0.05, 0.1) is 12.7 Å². The van der Waals surface area contributed by atoms with Crippen molar-refractivity contribution >= 4 is 5.84 Å². The van der Waals surface area contributed by atoms with Gasteiger partial charge in [0.2, 0.25) is 0 Å². The van der Waals surface area contributed by atoms with Crippen LogP contribution in [0.2, 0.25) is 0 Å². The highest BCUT2D eigenvalue weighted by Gasteiger charge is 2.12. The average Bonchev–Trinajstić information content (AvgIpc) is 2.61. The molecular formula is C18H20N2O2. The highest BCUT2D eigenvalue weighted by molar-refractivity contribution is 6.01. The predicted molar refractivity (Wildman–Crippen MR) is 87.8 cm³/mol. The second-order valence-electron chi connectivity index (χ2n) is 5.14. The van der Waals surface area contributed by atoms with Crippen molar-refractivity contribution in [2.75, 3.05) is 20.2 Å². The van der Waals surface area contributed by atoms with Crippen LogP contribution in [0.5, 0.6) is 11.5 Å². The normalized spacial score (nSPS) is 14.0. The molecule has 0 saturated carbocycles. The first-order valence-electron chi connectivity index (χ1n) is 7.50. The van der Waals surface area contributed by atoms with E-state index in [-0.39, 0.29) is 0 Å². The van der Waals surface area contributed by atoms with Crippen molar-refractivity contribution in [3.63, 3.8) is 0 Å². The first kappa shape index (κ1) is 14.4. The van der Waals surface area contributed by atoms with E-state index in [9.17, 15) is 0 Å². The van der Waals surface area contributed by atoms with Crippen molar-refractivity contribution in [3.05, 3.63) is 59.7 Å². The topological polar surface area (TPSA) is 42.9 Å². The van der Waals surface area contributed by atoms with Gasteiger partial charge < -0.3 is 14.8 Å². The smallest absolute Gasteiger partial charge is 0.132 e. The lowest BCUT2D eigenvalue weighted by atomic mass is 10.1. The summed E-state index contributed by atoms with van der Waals surface area (Å²) in [4.78, 5) is 4.55. The second-order valence-corrected chi connectivity index (χ2v) is 5.14. The number of para-hydroxylation sites is 1. The van der Waals surface area contributed by atoms with Crippen molar-refractivity contribution in [2.24, 2.45) is 4.99 Å². The van der Waals surface area contributed by atoms with Crippen LogP contribution >= 0.6 is 0 Å². The van der Waals surface area contributed by atoms with Gasteiger partial charge in [-0.3, -0.25) is 4.99 Å². The molecule has 0 amide bonds. The molecular weight excluding hydrogens is 276 g/mol. The lowest BCUT2D eigenvalue weighted by molar-refractivity contribution is 0.305. The number of aliphatic imine (C=N–C) groups is 1. The number of amidine groups is 1. The van der Waals surface area contributed by atoms with E-state index in [4.69, 9.17) is 9.47 Å². The van der Waals surface area contributed by atoms with Crippen molar-refractivity contribution < 1.29 is 9.47 Å². The maximum Gasteiger partial charge on any atom is 0.132 e. The van der Waals surface area contributed by atoms with Gasteiger partial charge in [-0.1, -0.05) is 24.3 Å². The number of hydrogen-bond acceptors (Lipinski definition) is 4. The fraction of sp³-hybridized carbons (Fsp3) is 0.278. The molecule has 0 fully saturated rings. The third-order valence-electron chi connectivity index (χ3n) is 3.59. The van der Waals surface area contributed by atoms with Crippen LogP contribution < -0.4 is 14.8 Å². The van der Waals surface area contributed by atoms with Crippen LogP contribution in [-0.4, -0.2) is 26.0 Å². The molecule has 0 bridgehead atoms. The van der Waals surface area contributed by atoms with Crippen LogP contribution in [0.1, 0.15) is 17.5 Å². The van der Waals surface area contributed by atoms with E-state index in [1.165, 1.54) is 0 Å². The number of hydrogen-bond donors (Lipinski definition) is 1. The molecule has 1 N–H and O–H groups in total. The molecule has 0 saturated heterocycles. The van der Waals surface area contributed by atoms with E-state index in [2.05, 4.69) is 10.3 Å². The van der Waals surface area contributed by atoms with Crippen molar-refractivity contribution in [1.82, 2.24) is 5.32 Å². The van der Waals surface area contributed by atoms with Crippen molar-refractivity contribution in [1.29, 1.82) is 0 Å². The Morgan fingerprint density at radius 3 is 2.64 bits per heavy atom. The molecule has 0 atom stereocenters. The largest absolute Gasteiger partial charge is 0.497 e. The first-order chi connectivity index (χ1) is 10.9.